The number of rotatable bonds is 5. The van der Waals surface area contributed by atoms with E-state index in [0.29, 0.717) is 0 Å². The molecule has 1 aromatic heterocycles. The molecule has 0 aliphatic heterocycles. The third-order valence-corrected chi connectivity index (χ3v) is 3.86. The van der Waals surface area contributed by atoms with Crippen LogP contribution in [0.3, 0.4) is 0 Å². The lowest BCUT2D eigenvalue weighted by atomic mass is 10.1. The SMILES string of the molecule is Cc1ccccc1CSCc1ccc(C(=O)O)cn1. The Balaban J connectivity index is 1.89. The summed E-state index contributed by atoms with van der Waals surface area (Å²) >= 11 is 1.78. The quantitative estimate of drug-likeness (QED) is 0.905. The van der Waals surface area contributed by atoms with Gasteiger partial charge in [0.15, 0.2) is 0 Å². The minimum Gasteiger partial charge on any atom is -0.478 e. The van der Waals surface area contributed by atoms with Crippen molar-refractivity contribution in [2.45, 2.75) is 18.4 Å². The van der Waals surface area contributed by atoms with Crippen LogP contribution in [0.5, 0.6) is 0 Å². The highest BCUT2D eigenvalue weighted by atomic mass is 32.2. The molecule has 0 saturated heterocycles. The first-order valence-electron chi connectivity index (χ1n) is 5.97. The average Bonchev–Trinajstić information content (AvgIpc) is 2.41. The van der Waals surface area contributed by atoms with E-state index in [9.17, 15) is 4.79 Å². The zero-order valence-electron chi connectivity index (χ0n) is 10.7. The van der Waals surface area contributed by atoms with Gasteiger partial charge in [0.2, 0.25) is 0 Å². The first kappa shape index (κ1) is 13.6. The summed E-state index contributed by atoms with van der Waals surface area (Å²) in [6.45, 7) is 2.11. The topological polar surface area (TPSA) is 50.2 Å². The number of carboxylic acid groups (broad SMARTS) is 1. The standard InChI is InChI=1S/C15H15NO2S/c1-11-4-2-3-5-13(11)9-19-10-14-7-6-12(8-16-14)15(17)18/h2-8H,9-10H2,1H3,(H,17,18). The molecule has 4 heteroatoms. The summed E-state index contributed by atoms with van der Waals surface area (Å²) < 4.78 is 0. The second kappa shape index (κ2) is 6.38. The fourth-order valence-electron chi connectivity index (χ4n) is 1.67. The van der Waals surface area contributed by atoms with Crippen LogP contribution in [0.25, 0.3) is 0 Å². The normalized spacial score (nSPS) is 10.4. The van der Waals surface area contributed by atoms with Crippen molar-refractivity contribution >= 4 is 17.7 Å². The molecule has 0 unspecified atom stereocenters. The van der Waals surface area contributed by atoms with Crippen LogP contribution in [0, 0.1) is 6.92 Å². The molecule has 0 amide bonds. The molecule has 0 atom stereocenters. The maximum Gasteiger partial charge on any atom is 0.337 e. The Kier molecular flexibility index (Phi) is 4.58. The van der Waals surface area contributed by atoms with Crippen molar-refractivity contribution in [3.63, 3.8) is 0 Å². The summed E-state index contributed by atoms with van der Waals surface area (Å²) in [5, 5.41) is 8.79. The van der Waals surface area contributed by atoms with E-state index in [4.69, 9.17) is 5.11 Å². The molecule has 0 bridgehead atoms. The van der Waals surface area contributed by atoms with Crippen LogP contribution >= 0.6 is 11.8 Å². The van der Waals surface area contributed by atoms with E-state index in [1.807, 2.05) is 12.1 Å². The van der Waals surface area contributed by atoms with Crippen molar-refractivity contribution in [1.29, 1.82) is 0 Å². The number of nitrogens with zero attached hydrogens (tertiary/aromatic N) is 1. The molecule has 1 heterocycles. The van der Waals surface area contributed by atoms with Gasteiger partial charge in [0, 0.05) is 17.7 Å². The maximum atomic E-state index is 10.7. The predicted molar refractivity (Wildman–Crippen MR) is 77.4 cm³/mol. The van der Waals surface area contributed by atoms with Crippen molar-refractivity contribution in [3.05, 3.63) is 65.0 Å². The average molecular weight is 273 g/mol. The molecule has 3 nitrogen and oxygen atoms in total. The summed E-state index contributed by atoms with van der Waals surface area (Å²) in [7, 11) is 0. The van der Waals surface area contributed by atoms with Gasteiger partial charge in [-0.1, -0.05) is 24.3 Å². The molecule has 98 valence electrons. The number of carboxylic acids is 1. The van der Waals surface area contributed by atoms with Gasteiger partial charge in [-0.05, 0) is 30.2 Å². The molecule has 0 spiro atoms. The highest BCUT2D eigenvalue weighted by molar-refractivity contribution is 7.97. The van der Waals surface area contributed by atoms with E-state index < -0.39 is 5.97 Å². The molecular weight excluding hydrogens is 258 g/mol. The van der Waals surface area contributed by atoms with Crippen molar-refractivity contribution in [2.24, 2.45) is 0 Å². The smallest absolute Gasteiger partial charge is 0.337 e. The van der Waals surface area contributed by atoms with Gasteiger partial charge in [0.05, 0.1) is 11.3 Å². The third-order valence-electron chi connectivity index (χ3n) is 2.84. The highest BCUT2D eigenvalue weighted by Gasteiger charge is 2.03. The van der Waals surface area contributed by atoms with Crippen LogP contribution < -0.4 is 0 Å². The number of carbonyl (C=O) groups is 1. The fourth-order valence-corrected chi connectivity index (χ4v) is 2.70. The van der Waals surface area contributed by atoms with E-state index in [1.54, 1.807) is 23.9 Å². The van der Waals surface area contributed by atoms with Gasteiger partial charge in [-0.3, -0.25) is 4.98 Å². The summed E-state index contributed by atoms with van der Waals surface area (Å²) in [4.78, 5) is 14.9. The van der Waals surface area contributed by atoms with Gasteiger partial charge in [0.25, 0.3) is 0 Å². The Morgan fingerprint density at radius 1 is 1.21 bits per heavy atom. The number of hydrogen-bond donors (Lipinski definition) is 1. The maximum absolute atomic E-state index is 10.7. The van der Waals surface area contributed by atoms with Crippen LogP contribution in [0.15, 0.2) is 42.6 Å². The van der Waals surface area contributed by atoms with Crippen LogP contribution in [-0.2, 0) is 11.5 Å². The lowest BCUT2D eigenvalue weighted by molar-refractivity contribution is 0.0696. The molecule has 2 rings (SSSR count). The lowest BCUT2D eigenvalue weighted by Crippen LogP contribution is -1.98. The van der Waals surface area contributed by atoms with Crippen LogP contribution in [0.4, 0.5) is 0 Å². The van der Waals surface area contributed by atoms with Gasteiger partial charge in [-0.2, -0.15) is 11.8 Å². The summed E-state index contributed by atoms with van der Waals surface area (Å²) in [6.07, 6.45) is 1.41. The Bertz CT molecular complexity index is 567. The summed E-state index contributed by atoms with van der Waals surface area (Å²) in [5.41, 5.74) is 3.76. The molecule has 1 N–H and O–H groups in total. The van der Waals surface area contributed by atoms with Crippen molar-refractivity contribution in [1.82, 2.24) is 4.98 Å². The highest BCUT2D eigenvalue weighted by Crippen LogP contribution is 2.19. The number of benzene rings is 1. The zero-order chi connectivity index (χ0) is 13.7. The Hall–Kier alpha value is -1.81. The van der Waals surface area contributed by atoms with E-state index in [-0.39, 0.29) is 5.56 Å². The first-order valence-corrected chi connectivity index (χ1v) is 7.13. The van der Waals surface area contributed by atoms with Gasteiger partial charge in [-0.25, -0.2) is 4.79 Å². The fraction of sp³-hybridized carbons (Fsp3) is 0.200. The molecule has 0 aliphatic rings. The number of aromatic nitrogens is 1. The van der Waals surface area contributed by atoms with Gasteiger partial charge < -0.3 is 5.11 Å². The van der Waals surface area contributed by atoms with Crippen LogP contribution in [0.2, 0.25) is 0 Å². The molecule has 1 aromatic carbocycles. The minimum atomic E-state index is -0.938. The molecule has 19 heavy (non-hydrogen) atoms. The minimum absolute atomic E-state index is 0.229. The van der Waals surface area contributed by atoms with Crippen molar-refractivity contribution in [3.8, 4) is 0 Å². The molecule has 0 saturated carbocycles. The molecule has 2 aromatic rings. The van der Waals surface area contributed by atoms with E-state index >= 15 is 0 Å². The zero-order valence-corrected chi connectivity index (χ0v) is 11.5. The lowest BCUT2D eigenvalue weighted by Gasteiger charge is -2.05. The predicted octanol–water partition coefficient (Wildman–Crippen LogP) is 3.52. The number of thioether (sulfide) groups is 1. The van der Waals surface area contributed by atoms with Crippen LogP contribution in [-0.4, -0.2) is 16.1 Å². The molecule has 0 fully saturated rings. The molecule has 0 aliphatic carbocycles. The Morgan fingerprint density at radius 3 is 2.63 bits per heavy atom. The largest absolute Gasteiger partial charge is 0.478 e. The Morgan fingerprint density at radius 2 is 2.00 bits per heavy atom. The second-order valence-electron chi connectivity index (χ2n) is 4.26. The Labute approximate surface area is 116 Å². The van der Waals surface area contributed by atoms with Crippen molar-refractivity contribution in [2.75, 3.05) is 0 Å². The van der Waals surface area contributed by atoms with E-state index in [2.05, 4.69) is 24.0 Å². The van der Waals surface area contributed by atoms with Gasteiger partial charge in [0.1, 0.15) is 0 Å². The van der Waals surface area contributed by atoms with E-state index in [0.717, 1.165) is 17.2 Å². The summed E-state index contributed by atoms with van der Waals surface area (Å²) in [6, 6.07) is 11.7. The van der Waals surface area contributed by atoms with Gasteiger partial charge in [-0.15, -0.1) is 0 Å². The van der Waals surface area contributed by atoms with Crippen molar-refractivity contribution < 1.29 is 9.90 Å². The molecular formula is C15H15NO2S. The third kappa shape index (κ3) is 3.83. The van der Waals surface area contributed by atoms with Gasteiger partial charge >= 0.3 is 5.97 Å². The first-order chi connectivity index (χ1) is 9.16. The second-order valence-corrected chi connectivity index (χ2v) is 5.25. The number of pyridine rings is 1. The summed E-state index contributed by atoms with van der Waals surface area (Å²) in [5.74, 6) is 0.787. The van der Waals surface area contributed by atoms with Crippen LogP contribution in [0.1, 0.15) is 27.2 Å². The monoisotopic (exact) mass is 273 g/mol. The van der Waals surface area contributed by atoms with E-state index in [1.165, 1.54) is 17.3 Å². The molecule has 0 radical (unpaired) electrons. The number of aromatic carboxylic acids is 1. The number of hydrogen-bond acceptors (Lipinski definition) is 3. The number of aryl methyl sites for hydroxylation is 1.